The second kappa shape index (κ2) is 2.17. The highest BCUT2D eigenvalue weighted by molar-refractivity contribution is 5.15. The van der Waals surface area contributed by atoms with Crippen LogP contribution in [0.3, 0.4) is 0 Å². The Morgan fingerprint density at radius 1 is 1.55 bits per heavy atom. The lowest BCUT2D eigenvalue weighted by Gasteiger charge is -2.13. The average molecular weight is 159 g/mol. The molecule has 2 aliphatic rings. The van der Waals surface area contributed by atoms with E-state index in [-0.39, 0.29) is 5.41 Å². The summed E-state index contributed by atoms with van der Waals surface area (Å²) in [5, 5.41) is 3.19. The van der Waals surface area contributed by atoms with E-state index in [1.54, 1.807) is 6.92 Å². The van der Waals surface area contributed by atoms with Gasteiger partial charge in [-0.1, -0.05) is 0 Å². The Bertz CT molecular complexity index is 161. The van der Waals surface area contributed by atoms with Crippen molar-refractivity contribution in [3.8, 4) is 0 Å². The van der Waals surface area contributed by atoms with Gasteiger partial charge in [-0.05, 0) is 13.3 Å². The Hall–Kier alpha value is -0.150. The van der Waals surface area contributed by atoms with Gasteiger partial charge in [-0.25, -0.2) is 4.39 Å². The fraction of sp³-hybridized carbons (Fsp3) is 1.00. The summed E-state index contributed by atoms with van der Waals surface area (Å²) in [7, 11) is 0. The zero-order valence-electron chi connectivity index (χ0n) is 6.82. The minimum absolute atomic E-state index is 0.191. The van der Waals surface area contributed by atoms with Gasteiger partial charge in [0.1, 0.15) is 5.67 Å². The molecule has 11 heavy (non-hydrogen) atoms. The van der Waals surface area contributed by atoms with Crippen LogP contribution in [0.1, 0.15) is 13.3 Å². The van der Waals surface area contributed by atoms with Gasteiger partial charge >= 0.3 is 0 Å². The van der Waals surface area contributed by atoms with E-state index in [4.69, 9.17) is 4.74 Å². The minimum atomic E-state index is -0.982. The molecule has 2 fully saturated rings. The number of ether oxygens (including phenoxy) is 1. The molecule has 2 unspecified atom stereocenters. The number of hydrogen-bond acceptors (Lipinski definition) is 2. The van der Waals surface area contributed by atoms with Crippen LogP contribution in [0.4, 0.5) is 4.39 Å². The molecule has 0 aromatic rings. The zero-order valence-corrected chi connectivity index (χ0v) is 6.82. The SMILES string of the molecule is CC1(F)CC12CNCCOC2. The van der Waals surface area contributed by atoms with Crippen molar-refractivity contribution in [1.82, 2.24) is 5.32 Å². The molecule has 2 nitrogen and oxygen atoms in total. The predicted octanol–water partition coefficient (Wildman–Crippen LogP) is 0.724. The highest BCUT2D eigenvalue weighted by Crippen LogP contribution is 2.58. The Morgan fingerprint density at radius 2 is 2.27 bits per heavy atom. The highest BCUT2D eigenvalue weighted by atomic mass is 19.1. The molecule has 0 aromatic carbocycles. The van der Waals surface area contributed by atoms with Gasteiger partial charge in [0.25, 0.3) is 0 Å². The van der Waals surface area contributed by atoms with E-state index in [0.717, 1.165) is 19.7 Å². The maximum atomic E-state index is 13.4. The zero-order chi connectivity index (χ0) is 7.95. The molecule has 1 spiro atoms. The molecule has 0 amide bonds. The molecule has 1 heterocycles. The standard InChI is InChI=1S/C8H14FNO/c1-7(9)4-8(7)5-10-2-3-11-6-8/h10H,2-6H2,1H3. The van der Waals surface area contributed by atoms with Gasteiger partial charge in [-0.3, -0.25) is 0 Å². The summed E-state index contributed by atoms with van der Waals surface area (Å²) in [6.07, 6.45) is 0.660. The summed E-state index contributed by atoms with van der Waals surface area (Å²) in [5.74, 6) is 0. The average Bonchev–Trinajstić information content (AvgIpc) is 2.54. The first-order valence-corrected chi connectivity index (χ1v) is 4.14. The fourth-order valence-electron chi connectivity index (χ4n) is 1.83. The maximum Gasteiger partial charge on any atom is 0.118 e. The Balaban J connectivity index is 2.03. The van der Waals surface area contributed by atoms with Crippen LogP contribution in [0.5, 0.6) is 0 Å². The van der Waals surface area contributed by atoms with E-state index < -0.39 is 5.67 Å². The highest BCUT2D eigenvalue weighted by Gasteiger charge is 2.65. The number of rotatable bonds is 0. The monoisotopic (exact) mass is 159 g/mol. The first-order valence-electron chi connectivity index (χ1n) is 4.14. The number of halogens is 1. The summed E-state index contributed by atoms with van der Waals surface area (Å²) in [4.78, 5) is 0. The molecular formula is C8H14FNO. The molecular weight excluding hydrogens is 145 g/mol. The van der Waals surface area contributed by atoms with E-state index in [9.17, 15) is 4.39 Å². The van der Waals surface area contributed by atoms with Crippen LogP contribution in [0.15, 0.2) is 0 Å². The van der Waals surface area contributed by atoms with Crippen LogP contribution in [0, 0.1) is 5.41 Å². The first kappa shape index (κ1) is 7.50. The number of hydrogen-bond donors (Lipinski definition) is 1. The largest absolute Gasteiger partial charge is 0.379 e. The molecule has 64 valence electrons. The normalized spacial score (nSPS) is 50.7. The van der Waals surface area contributed by atoms with Gasteiger partial charge in [0.05, 0.1) is 13.2 Å². The van der Waals surface area contributed by atoms with Crippen LogP contribution in [0.2, 0.25) is 0 Å². The molecule has 0 radical (unpaired) electrons. The molecule has 1 aliphatic carbocycles. The van der Waals surface area contributed by atoms with Crippen molar-refractivity contribution in [3.63, 3.8) is 0 Å². The lowest BCUT2D eigenvalue weighted by molar-refractivity contribution is 0.0897. The smallest absolute Gasteiger partial charge is 0.118 e. The minimum Gasteiger partial charge on any atom is -0.379 e. The second-order valence-electron chi connectivity index (χ2n) is 3.88. The van der Waals surface area contributed by atoms with Crippen molar-refractivity contribution in [2.24, 2.45) is 5.41 Å². The van der Waals surface area contributed by atoms with Crippen molar-refractivity contribution < 1.29 is 9.13 Å². The third kappa shape index (κ3) is 1.07. The molecule has 1 aliphatic heterocycles. The molecule has 0 bridgehead atoms. The Labute approximate surface area is 66.1 Å². The molecule has 2 atom stereocenters. The Morgan fingerprint density at radius 3 is 2.91 bits per heavy atom. The quantitative estimate of drug-likeness (QED) is 0.562. The molecule has 0 aromatic heterocycles. The van der Waals surface area contributed by atoms with Gasteiger partial charge < -0.3 is 10.1 Å². The van der Waals surface area contributed by atoms with E-state index >= 15 is 0 Å². The van der Waals surface area contributed by atoms with Crippen molar-refractivity contribution in [3.05, 3.63) is 0 Å². The van der Waals surface area contributed by atoms with Crippen molar-refractivity contribution in [2.45, 2.75) is 19.0 Å². The van der Waals surface area contributed by atoms with Gasteiger partial charge in [0.2, 0.25) is 0 Å². The third-order valence-electron chi connectivity index (χ3n) is 2.92. The predicted molar refractivity (Wildman–Crippen MR) is 40.3 cm³/mol. The van der Waals surface area contributed by atoms with Crippen LogP contribution in [0.25, 0.3) is 0 Å². The molecule has 1 N–H and O–H groups in total. The number of alkyl halides is 1. The van der Waals surface area contributed by atoms with Gasteiger partial charge in [-0.15, -0.1) is 0 Å². The fourth-order valence-corrected chi connectivity index (χ4v) is 1.83. The van der Waals surface area contributed by atoms with E-state index in [2.05, 4.69) is 5.32 Å². The molecule has 2 rings (SSSR count). The molecule has 3 heteroatoms. The molecule has 1 saturated carbocycles. The van der Waals surface area contributed by atoms with Crippen molar-refractivity contribution in [1.29, 1.82) is 0 Å². The summed E-state index contributed by atoms with van der Waals surface area (Å²) in [5.41, 5.74) is -1.17. The van der Waals surface area contributed by atoms with Crippen LogP contribution in [-0.2, 0) is 4.74 Å². The van der Waals surface area contributed by atoms with Gasteiger partial charge in [0, 0.05) is 18.5 Å². The Kier molecular flexibility index (Phi) is 1.48. The van der Waals surface area contributed by atoms with E-state index in [0.29, 0.717) is 13.0 Å². The summed E-state index contributed by atoms with van der Waals surface area (Å²) >= 11 is 0. The first-order chi connectivity index (χ1) is 5.16. The van der Waals surface area contributed by atoms with Crippen LogP contribution >= 0.6 is 0 Å². The van der Waals surface area contributed by atoms with Crippen molar-refractivity contribution in [2.75, 3.05) is 26.3 Å². The molecule has 1 saturated heterocycles. The lowest BCUT2D eigenvalue weighted by atomic mass is 10.1. The van der Waals surface area contributed by atoms with Crippen LogP contribution in [-0.4, -0.2) is 32.0 Å². The lowest BCUT2D eigenvalue weighted by Crippen LogP contribution is -2.28. The van der Waals surface area contributed by atoms with Gasteiger partial charge in [0.15, 0.2) is 0 Å². The third-order valence-corrected chi connectivity index (χ3v) is 2.92. The summed E-state index contributed by atoms with van der Waals surface area (Å²) in [6, 6.07) is 0. The van der Waals surface area contributed by atoms with Gasteiger partial charge in [-0.2, -0.15) is 0 Å². The topological polar surface area (TPSA) is 21.3 Å². The number of nitrogens with one attached hydrogen (secondary N) is 1. The second-order valence-corrected chi connectivity index (χ2v) is 3.88. The summed E-state index contributed by atoms with van der Waals surface area (Å²) in [6.45, 7) is 4.62. The summed E-state index contributed by atoms with van der Waals surface area (Å²) < 4.78 is 18.7. The van der Waals surface area contributed by atoms with E-state index in [1.807, 2.05) is 0 Å². The van der Waals surface area contributed by atoms with E-state index in [1.165, 1.54) is 0 Å². The van der Waals surface area contributed by atoms with Crippen LogP contribution < -0.4 is 5.32 Å². The van der Waals surface area contributed by atoms with Crippen molar-refractivity contribution >= 4 is 0 Å². The maximum absolute atomic E-state index is 13.4.